The van der Waals surface area contributed by atoms with Gasteiger partial charge in [-0.3, -0.25) is 9.59 Å². The molecule has 17 heavy (non-hydrogen) atoms. The highest BCUT2D eigenvalue weighted by Gasteiger charge is 2.28. The summed E-state index contributed by atoms with van der Waals surface area (Å²) in [4.78, 5) is 24.3. The first kappa shape index (κ1) is 14.0. The van der Waals surface area contributed by atoms with Crippen LogP contribution in [-0.2, 0) is 9.59 Å². The van der Waals surface area contributed by atoms with Crippen molar-refractivity contribution in [3.8, 4) is 0 Å². The first-order chi connectivity index (χ1) is 8.04. The van der Waals surface area contributed by atoms with Gasteiger partial charge in [0.15, 0.2) is 0 Å². The van der Waals surface area contributed by atoms with Gasteiger partial charge in [-0.25, -0.2) is 0 Å². The molecule has 5 nitrogen and oxygen atoms in total. The van der Waals surface area contributed by atoms with E-state index >= 15 is 0 Å². The molecule has 1 rings (SSSR count). The first-order valence-corrected chi connectivity index (χ1v) is 6.30. The Morgan fingerprint density at radius 3 is 2.65 bits per heavy atom. The van der Waals surface area contributed by atoms with Crippen LogP contribution in [0.25, 0.3) is 0 Å². The van der Waals surface area contributed by atoms with Crippen LogP contribution in [0.1, 0.15) is 39.0 Å². The van der Waals surface area contributed by atoms with Crippen molar-refractivity contribution in [3.05, 3.63) is 0 Å². The van der Waals surface area contributed by atoms with Crippen molar-refractivity contribution >= 4 is 11.9 Å². The van der Waals surface area contributed by atoms with E-state index in [-0.39, 0.29) is 24.3 Å². The molecule has 5 heteroatoms. The van der Waals surface area contributed by atoms with Crippen molar-refractivity contribution in [1.29, 1.82) is 0 Å². The molecule has 0 bridgehead atoms. The number of carbonyl (C=O) groups excluding carboxylic acids is 1. The fourth-order valence-corrected chi connectivity index (χ4v) is 2.36. The van der Waals surface area contributed by atoms with Crippen LogP contribution in [0.15, 0.2) is 0 Å². The van der Waals surface area contributed by atoms with Crippen LogP contribution in [0.4, 0.5) is 0 Å². The molecule has 0 radical (unpaired) electrons. The Morgan fingerprint density at radius 1 is 1.41 bits per heavy atom. The summed E-state index contributed by atoms with van der Waals surface area (Å²) in [5.41, 5.74) is 5.86. The molecule has 0 aromatic carbocycles. The Bertz CT molecular complexity index is 281. The van der Waals surface area contributed by atoms with Gasteiger partial charge in [-0.2, -0.15) is 0 Å². The second-order valence-corrected chi connectivity index (χ2v) is 4.69. The first-order valence-electron chi connectivity index (χ1n) is 6.30. The molecule has 0 spiro atoms. The van der Waals surface area contributed by atoms with Crippen LogP contribution in [0.5, 0.6) is 0 Å². The molecule has 1 fully saturated rings. The summed E-state index contributed by atoms with van der Waals surface area (Å²) in [6.07, 6.45) is 3.62. The monoisotopic (exact) mass is 242 g/mol. The van der Waals surface area contributed by atoms with E-state index in [1.165, 1.54) is 0 Å². The lowest BCUT2D eigenvalue weighted by Gasteiger charge is -2.30. The number of rotatable bonds is 5. The number of nitrogens with zero attached hydrogens (tertiary/aromatic N) is 1. The Morgan fingerprint density at radius 2 is 2.12 bits per heavy atom. The van der Waals surface area contributed by atoms with Gasteiger partial charge in [0.2, 0.25) is 5.91 Å². The van der Waals surface area contributed by atoms with E-state index in [4.69, 9.17) is 10.8 Å². The predicted octanol–water partition coefficient (Wildman–Crippen LogP) is 0.827. The molecule has 0 aromatic rings. The highest BCUT2D eigenvalue weighted by atomic mass is 16.4. The molecule has 0 aromatic heterocycles. The van der Waals surface area contributed by atoms with Crippen LogP contribution in [0.3, 0.4) is 0 Å². The zero-order valence-corrected chi connectivity index (χ0v) is 10.4. The molecule has 2 unspecified atom stereocenters. The average molecular weight is 242 g/mol. The molecule has 3 N–H and O–H groups in total. The number of amides is 1. The molecule has 1 amide bonds. The summed E-state index contributed by atoms with van der Waals surface area (Å²) in [6.45, 7) is 2.75. The summed E-state index contributed by atoms with van der Waals surface area (Å²) in [5.74, 6) is -0.798. The number of carboxylic acid groups (broad SMARTS) is 1. The summed E-state index contributed by atoms with van der Waals surface area (Å²) in [6, 6.07) is 0.121. The lowest BCUT2D eigenvalue weighted by Crippen LogP contribution is -2.41. The third-order valence-corrected chi connectivity index (χ3v) is 3.35. The van der Waals surface area contributed by atoms with Crippen molar-refractivity contribution in [2.75, 3.05) is 13.1 Å². The largest absolute Gasteiger partial charge is 0.481 e. The van der Waals surface area contributed by atoms with E-state index in [1.54, 1.807) is 4.90 Å². The molecule has 98 valence electrons. The minimum Gasteiger partial charge on any atom is -0.481 e. The fourth-order valence-electron chi connectivity index (χ4n) is 2.36. The maximum absolute atomic E-state index is 12.2. The minimum atomic E-state index is -0.864. The van der Waals surface area contributed by atoms with E-state index in [1.807, 2.05) is 6.92 Å². The van der Waals surface area contributed by atoms with Gasteiger partial charge < -0.3 is 15.7 Å². The average Bonchev–Trinajstić information content (AvgIpc) is 2.29. The Hall–Kier alpha value is -1.10. The van der Waals surface area contributed by atoms with E-state index in [0.717, 1.165) is 25.7 Å². The summed E-state index contributed by atoms with van der Waals surface area (Å²) < 4.78 is 0. The van der Waals surface area contributed by atoms with Gasteiger partial charge in [0.1, 0.15) is 0 Å². The van der Waals surface area contributed by atoms with Crippen molar-refractivity contribution in [2.24, 2.45) is 11.7 Å². The highest BCUT2D eigenvalue weighted by Crippen LogP contribution is 2.24. The van der Waals surface area contributed by atoms with Crippen molar-refractivity contribution in [3.63, 3.8) is 0 Å². The maximum Gasteiger partial charge on any atom is 0.305 e. The zero-order chi connectivity index (χ0) is 12.8. The second kappa shape index (κ2) is 6.59. The standard InChI is InChI=1S/C12H22N2O3/c1-2-14(7-6-11(15)16)12(17)9-4-3-5-10(13)8-9/h9-10H,2-8,13H2,1H3,(H,15,16). The maximum atomic E-state index is 12.2. The van der Waals surface area contributed by atoms with Gasteiger partial charge in [0.05, 0.1) is 6.42 Å². The Labute approximate surface area is 102 Å². The van der Waals surface area contributed by atoms with E-state index in [9.17, 15) is 9.59 Å². The molecule has 1 aliphatic rings. The van der Waals surface area contributed by atoms with Gasteiger partial charge in [-0.15, -0.1) is 0 Å². The van der Waals surface area contributed by atoms with Crippen molar-refractivity contribution < 1.29 is 14.7 Å². The van der Waals surface area contributed by atoms with Gasteiger partial charge in [-0.1, -0.05) is 6.42 Å². The predicted molar refractivity (Wildman–Crippen MR) is 64.4 cm³/mol. The van der Waals surface area contributed by atoms with Crippen LogP contribution in [-0.4, -0.2) is 41.0 Å². The summed E-state index contributed by atoms with van der Waals surface area (Å²) >= 11 is 0. The second-order valence-electron chi connectivity index (χ2n) is 4.69. The number of carbonyl (C=O) groups is 2. The molecule has 1 aliphatic carbocycles. The third kappa shape index (κ3) is 4.34. The van der Waals surface area contributed by atoms with Crippen LogP contribution < -0.4 is 5.73 Å². The van der Waals surface area contributed by atoms with E-state index in [0.29, 0.717) is 13.1 Å². The quantitative estimate of drug-likeness (QED) is 0.748. The summed E-state index contributed by atoms with van der Waals surface area (Å²) in [7, 11) is 0. The lowest BCUT2D eigenvalue weighted by molar-refractivity contribution is -0.140. The molecular weight excluding hydrogens is 220 g/mol. The zero-order valence-electron chi connectivity index (χ0n) is 10.4. The molecular formula is C12H22N2O3. The van der Waals surface area contributed by atoms with Crippen LogP contribution in [0, 0.1) is 5.92 Å². The van der Waals surface area contributed by atoms with E-state index < -0.39 is 5.97 Å². The van der Waals surface area contributed by atoms with Crippen molar-refractivity contribution in [2.45, 2.75) is 45.1 Å². The lowest BCUT2D eigenvalue weighted by atomic mass is 9.85. The van der Waals surface area contributed by atoms with Gasteiger partial charge in [0.25, 0.3) is 0 Å². The van der Waals surface area contributed by atoms with E-state index in [2.05, 4.69) is 0 Å². The Balaban J connectivity index is 2.49. The number of hydrogen-bond acceptors (Lipinski definition) is 3. The number of carboxylic acids is 1. The number of nitrogens with two attached hydrogens (primary N) is 1. The number of aliphatic carboxylic acids is 1. The van der Waals surface area contributed by atoms with Gasteiger partial charge in [0, 0.05) is 25.0 Å². The smallest absolute Gasteiger partial charge is 0.305 e. The SMILES string of the molecule is CCN(CCC(=O)O)C(=O)C1CCCC(N)C1. The Kier molecular flexibility index (Phi) is 5.41. The van der Waals surface area contributed by atoms with Crippen LogP contribution >= 0.6 is 0 Å². The normalized spacial score (nSPS) is 24.4. The van der Waals surface area contributed by atoms with Gasteiger partial charge >= 0.3 is 5.97 Å². The molecule has 0 heterocycles. The van der Waals surface area contributed by atoms with Crippen LogP contribution in [0.2, 0.25) is 0 Å². The topological polar surface area (TPSA) is 83.6 Å². The minimum absolute atomic E-state index is 0.00695. The number of hydrogen-bond donors (Lipinski definition) is 2. The van der Waals surface area contributed by atoms with Gasteiger partial charge in [-0.05, 0) is 26.2 Å². The fraction of sp³-hybridized carbons (Fsp3) is 0.833. The molecule has 2 atom stereocenters. The van der Waals surface area contributed by atoms with Crippen molar-refractivity contribution in [1.82, 2.24) is 4.90 Å². The summed E-state index contributed by atoms with van der Waals surface area (Å²) in [5, 5.41) is 8.63. The third-order valence-electron chi connectivity index (χ3n) is 3.35. The molecule has 1 saturated carbocycles. The highest BCUT2D eigenvalue weighted by molar-refractivity contribution is 5.79. The molecule has 0 aliphatic heterocycles. The molecule has 0 saturated heterocycles.